The van der Waals surface area contributed by atoms with Crippen LogP contribution in [0.2, 0.25) is 0 Å². The fourth-order valence-corrected chi connectivity index (χ4v) is 2.43. The van der Waals surface area contributed by atoms with E-state index >= 15 is 0 Å². The molecule has 0 unspecified atom stereocenters. The van der Waals surface area contributed by atoms with E-state index in [0.29, 0.717) is 0 Å². The van der Waals surface area contributed by atoms with Gasteiger partial charge in [-0.25, -0.2) is 0 Å². The van der Waals surface area contributed by atoms with E-state index < -0.39 is 0 Å². The molecule has 2 heteroatoms. The van der Waals surface area contributed by atoms with Crippen LogP contribution >= 0.6 is 11.3 Å². The van der Waals surface area contributed by atoms with Gasteiger partial charge < -0.3 is 4.74 Å². The molecule has 2 rings (SSSR count). The van der Waals surface area contributed by atoms with Gasteiger partial charge in [-0.05, 0) is 36.4 Å². The molecule has 0 saturated carbocycles. The molecule has 0 fully saturated rings. The van der Waals surface area contributed by atoms with Crippen LogP contribution < -0.4 is 4.74 Å². The number of rotatable bonds is 4. The van der Waals surface area contributed by atoms with Gasteiger partial charge in [0.2, 0.25) is 0 Å². The lowest BCUT2D eigenvalue weighted by molar-refractivity contribution is 0.318. The second kappa shape index (κ2) is 5.17. The second-order valence-electron chi connectivity index (χ2n) is 3.90. The van der Waals surface area contributed by atoms with E-state index in [0.717, 1.165) is 18.8 Å². The molecule has 0 saturated heterocycles. The van der Waals surface area contributed by atoms with Crippen molar-refractivity contribution < 1.29 is 4.74 Å². The van der Waals surface area contributed by atoms with Crippen LogP contribution in [0.3, 0.4) is 0 Å². The zero-order valence-electron chi connectivity index (χ0n) is 9.69. The summed E-state index contributed by atoms with van der Waals surface area (Å²) in [7, 11) is 0. The van der Waals surface area contributed by atoms with Crippen molar-refractivity contribution in [1.82, 2.24) is 0 Å². The SMILES string of the molecule is Cc1cccc(C)c1OCCc1cccs1. The zero-order valence-corrected chi connectivity index (χ0v) is 10.5. The molecule has 2 aromatic rings. The molecule has 1 nitrogen and oxygen atoms in total. The number of ether oxygens (including phenoxy) is 1. The topological polar surface area (TPSA) is 9.23 Å². The Balaban J connectivity index is 1.95. The predicted octanol–water partition coefficient (Wildman–Crippen LogP) is 3.99. The molecule has 1 aromatic heterocycles. The standard InChI is InChI=1S/C14H16OS/c1-11-5-3-6-12(2)14(11)15-9-8-13-7-4-10-16-13/h3-7,10H,8-9H2,1-2H3. The molecule has 0 spiro atoms. The van der Waals surface area contributed by atoms with Crippen LogP contribution in [0, 0.1) is 13.8 Å². The number of thiophene rings is 1. The highest BCUT2D eigenvalue weighted by Crippen LogP contribution is 2.22. The van der Waals surface area contributed by atoms with Crippen molar-refractivity contribution in [3.63, 3.8) is 0 Å². The van der Waals surface area contributed by atoms with Gasteiger partial charge in [0.25, 0.3) is 0 Å². The summed E-state index contributed by atoms with van der Waals surface area (Å²) in [5.41, 5.74) is 2.43. The minimum atomic E-state index is 0.756. The average Bonchev–Trinajstić information content (AvgIpc) is 2.75. The van der Waals surface area contributed by atoms with Gasteiger partial charge in [-0.1, -0.05) is 24.3 Å². The lowest BCUT2D eigenvalue weighted by Gasteiger charge is -2.11. The smallest absolute Gasteiger partial charge is 0.125 e. The summed E-state index contributed by atoms with van der Waals surface area (Å²) in [6.07, 6.45) is 0.992. The maximum absolute atomic E-state index is 5.85. The molecular formula is C14H16OS. The lowest BCUT2D eigenvalue weighted by Crippen LogP contribution is -2.02. The highest BCUT2D eigenvalue weighted by atomic mass is 32.1. The van der Waals surface area contributed by atoms with Gasteiger partial charge in [-0.2, -0.15) is 0 Å². The summed E-state index contributed by atoms with van der Waals surface area (Å²) >= 11 is 1.79. The van der Waals surface area contributed by atoms with E-state index in [9.17, 15) is 0 Å². The van der Waals surface area contributed by atoms with Gasteiger partial charge in [0.15, 0.2) is 0 Å². The van der Waals surface area contributed by atoms with Crippen molar-refractivity contribution in [2.24, 2.45) is 0 Å². The number of aryl methyl sites for hydroxylation is 2. The minimum Gasteiger partial charge on any atom is -0.493 e. The summed E-state index contributed by atoms with van der Waals surface area (Å²) in [4.78, 5) is 1.38. The van der Waals surface area contributed by atoms with Crippen molar-refractivity contribution in [2.45, 2.75) is 20.3 Å². The van der Waals surface area contributed by atoms with Crippen molar-refractivity contribution in [3.8, 4) is 5.75 Å². The lowest BCUT2D eigenvalue weighted by atomic mass is 10.1. The molecule has 84 valence electrons. The molecule has 16 heavy (non-hydrogen) atoms. The molecular weight excluding hydrogens is 216 g/mol. The molecule has 0 atom stereocenters. The van der Waals surface area contributed by atoms with E-state index in [1.54, 1.807) is 11.3 Å². The Hall–Kier alpha value is -1.28. The third-order valence-electron chi connectivity index (χ3n) is 2.58. The first-order valence-electron chi connectivity index (χ1n) is 5.49. The van der Waals surface area contributed by atoms with Gasteiger partial charge in [0.1, 0.15) is 5.75 Å². The van der Waals surface area contributed by atoms with Crippen LogP contribution in [0.25, 0.3) is 0 Å². The molecule has 1 heterocycles. The first-order chi connectivity index (χ1) is 7.77. The van der Waals surface area contributed by atoms with E-state index in [-0.39, 0.29) is 0 Å². The van der Waals surface area contributed by atoms with E-state index in [1.165, 1.54) is 16.0 Å². The Morgan fingerprint density at radius 1 is 1.06 bits per heavy atom. The van der Waals surface area contributed by atoms with Crippen LogP contribution in [0.15, 0.2) is 35.7 Å². The third kappa shape index (κ3) is 2.64. The number of benzene rings is 1. The van der Waals surface area contributed by atoms with Crippen molar-refractivity contribution in [3.05, 3.63) is 51.7 Å². The fraction of sp³-hybridized carbons (Fsp3) is 0.286. The first kappa shape index (κ1) is 11.2. The maximum Gasteiger partial charge on any atom is 0.125 e. The molecule has 0 aliphatic rings. The predicted molar refractivity (Wildman–Crippen MR) is 69.4 cm³/mol. The van der Waals surface area contributed by atoms with Crippen molar-refractivity contribution in [1.29, 1.82) is 0 Å². The van der Waals surface area contributed by atoms with Crippen LogP contribution in [-0.2, 0) is 6.42 Å². The van der Waals surface area contributed by atoms with Gasteiger partial charge >= 0.3 is 0 Å². The van der Waals surface area contributed by atoms with Crippen LogP contribution in [-0.4, -0.2) is 6.61 Å². The number of hydrogen-bond donors (Lipinski definition) is 0. The summed E-state index contributed by atoms with van der Waals surface area (Å²) in [5, 5.41) is 2.11. The highest BCUT2D eigenvalue weighted by molar-refractivity contribution is 7.09. The molecule has 0 amide bonds. The number of hydrogen-bond acceptors (Lipinski definition) is 2. The number of para-hydroxylation sites is 1. The van der Waals surface area contributed by atoms with Crippen LogP contribution in [0.5, 0.6) is 5.75 Å². The highest BCUT2D eigenvalue weighted by Gasteiger charge is 2.03. The van der Waals surface area contributed by atoms with Gasteiger partial charge in [-0.3, -0.25) is 0 Å². The quantitative estimate of drug-likeness (QED) is 0.774. The van der Waals surface area contributed by atoms with E-state index in [1.807, 2.05) is 0 Å². The summed E-state index contributed by atoms with van der Waals surface area (Å²) < 4.78 is 5.85. The molecule has 0 aliphatic heterocycles. The van der Waals surface area contributed by atoms with Crippen molar-refractivity contribution >= 4 is 11.3 Å². The van der Waals surface area contributed by atoms with Crippen molar-refractivity contribution in [2.75, 3.05) is 6.61 Å². The maximum atomic E-state index is 5.85. The molecule has 0 bridgehead atoms. The first-order valence-corrected chi connectivity index (χ1v) is 6.37. The van der Waals surface area contributed by atoms with Crippen LogP contribution in [0.1, 0.15) is 16.0 Å². The van der Waals surface area contributed by atoms with Gasteiger partial charge in [-0.15, -0.1) is 11.3 Å². The van der Waals surface area contributed by atoms with E-state index in [2.05, 4.69) is 49.6 Å². The molecule has 0 aliphatic carbocycles. The monoisotopic (exact) mass is 232 g/mol. The Morgan fingerprint density at radius 2 is 1.81 bits per heavy atom. The summed E-state index contributed by atoms with van der Waals surface area (Å²) in [5.74, 6) is 1.04. The fourth-order valence-electron chi connectivity index (χ4n) is 1.74. The second-order valence-corrected chi connectivity index (χ2v) is 4.93. The Labute approximate surface area is 101 Å². The van der Waals surface area contributed by atoms with Gasteiger partial charge in [0.05, 0.1) is 6.61 Å². The molecule has 1 aromatic carbocycles. The van der Waals surface area contributed by atoms with Crippen LogP contribution in [0.4, 0.5) is 0 Å². The summed E-state index contributed by atoms with van der Waals surface area (Å²) in [6, 6.07) is 10.5. The third-order valence-corrected chi connectivity index (χ3v) is 3.52. The molecule has 0 radical (unpaired) electrons. The average molecular weight is 232 g/mol. The Bertz CT molecular complexity index is 426. The molecule has 0 N–H and O–H groups in total. The Morgan fingerprint density at radius 3 is 2.44 bits per heavy atom. The van der Waals surface area contributed by atoms with Gasteiger partial charge in [0, 0.05) is 11.3 Å². The Kier molecular flexibility index (Phi) is 3.62. The largest absolute Gasteiger partial charge is 0.493 e. The zero-order chi connectivity index (χ0) is 11.4. The summed E-state index contributed by atoms with van der Waals surface area (Å²) in [6.45, 7) is 4.94. The minimum absolute atomic E-state index is 0.756. The van der Waals surface area contributed by atoms with E-state index in [4.69, 9.17) is 4.74 Å². The normalized spacial score (nSPS) is 10.4.